The Balaban J connectivity index is 2.09. The molecule has 3 nitrogen and oxygen atoms in total. The zero-order valence-corrected chi connectivity index (χ0v) is 4.52. The number of ether oxygens (including phenoxy) is 1. The number of rotatable bonds is 1. The highest BCUT2D eigenvalue weighted by atomic mass is 16.6. The van der Waals surface area contributed by atoms with Crippen molar-refractivity contribution in [2.75, 3.05) is 0 Å². The Morgan fingerprint density at radius 1 is 1.62 bits per heavy atom. The third-order valence-corrected chi connectivity index (χ3v) is 1.33. The maximum absolute atomic E-state index is 9.89. The molecule has 0 aromatic carbocycles. The van der Waals surface area contributed by atoms with Gasteiger partial charge >= 0.3 is 6.09 Å². The van der Waals surface area contributed by atoms with Crippen molar-refractivity contribution in [1.29, 1.82) is 0 Å². The zero-order valence-electron chi connectivity index (χ0n) is 4.52. The largest absolute Gasteiger partial charge is 0.445 e. The second-order valence-electron chi connectivity index (χ2n) is 1.96. The predicted octanol–water partition coefficient (Wildman–Crippen LogP) is 0.958. The van der Waals surface area contributed by atoms with Gasteiger partial charge in [0.15, 0.2) is 0 Å². The van der Waals surface area contributed by atoms with Crippen LogP contribution < -0.4 is 5.73 Å². The Labute approximate surface area is 47.8 Å². The summed E-state index contributed by atoms with van der Waals surface area (Å²) in [6.45, 7) is 0. The SMILES string of the molecule is [NH]C(=O)OC1CCC1. The van der Waals surface area contributed by atoms with E-state index in [1.165, 1.54) is 0 Å². The van der Waals surface area contributed by atoms with E-state index in [0.717, 1.165) is 19.3 Å². The average Bonchev–Trinajstić information content (AvgIpc) is 1.55. The second-order valence-corrected chi connectivity index (χ2v) is 1.96. The van der Waals surface area contributed by atoms with Gasteiger partial charge in [0, 0.05) is 0 Å². The first-order valence-corrected chi connectivity index (χ1v) is 2.71. The Hall–Kier alpha value is -0.730. The Morgan fingerprint density at radius 3 is 2.38 bits per heavy atom. The fourth-order valence-electron chi connectivity index (χ4n) is 0.640. The zero-order chi connectivity index (χ0) is 5.98. The Kier molecular flexibility index (Phi) is 1.37. The Morgan fingerprint density at radius 2 is 2.25 bits per heavy atom. The monoisotopic (exact) mass is 114 g/mol. The van der Waals surface area contributed by atoms with Crippen LogP contribution in [0.1, 0.15) is 19.3 Å². The van der Waals surface area contributed by atoms with Gasteiger partial charge in [-0.25, -0.2) is 10.5 Å². The van der Waals surface area contributed by atoms with Crippen molar-refractivity contribution in [3.05, 3.63) is 0 Å². The maximum Gasteiger partial charge on any atom is 0.426 e. The number of hydrogen-bond donors (Lipinski definition) is 0. The molecule has 1 N–H and O–H groups in total. The lowest BCUT2D eigenvalue weighted by Crippen LogP contribution is -2.24. The molecular formula is C5H8NO2. The number of nitrogens with one attached hydrogen (secondary N) is 1. The molecule has 1 aliphatic rings. The maximum atomic E-state index is 9.89. The lowest BCUT2D eigenvalue weighted by Gasteiger charge is -2.23. The highest BCUT2D eigenvalue weighted by molar-refractivity contribution is 5.63. The number of carbonyl (C=O) groups excluding carboxylic acids is 1. The van der Waals surface area contributed by atoms with Gasteiger partial charge in [0.1, 0.15) is 6.10 Å². The van der Waals surface area contributed by atoms with E-state index in [2.05, 4.69) is 4.74 Å². The molecule has 0 saturated heterocycles. The fourth-order valence-corrected chi connectivity index (χ4v) is 0.640. The average molecular weight is 114 g/mol. The number of amides is 1. The van der Waals surface area contributed by atoms with E-state index in [0.29, 0.717) is 0 Å². The number of hydrogen-bond acceptors (Lipinski definition) is 2. The van der Waals surface area contributed by atoms with Gasteiger partial charge in [0.25, 0.3) is 0 Å². The van der Waals surface area contributed by atoms with Crippen LogP contribution in [0.4, 0.5) is 4.79 Å². The van der Waals surface area contributed by atoms with Crippen LogP contribution in [0.25, 0.3) is 0 Å². The van der Waals surface area contributed by atoms with Crippen molar-refractivity contribution in [1.82, 2.24) is 5.73 Å². The minimum absolute atomic E-state index is 0.0694. The lowest BCUT2D eigenvalue weighted by atomic mass is 9.96. The minimum Gasteiger partial charge on any atom is -0.445 e. The summed E-state index contributed by atoms with van der Waals surface area (Å²) in [6, 6.07) is 0. The molecule has 45 valence electrons. The molecule has 1 aliphatic carbocycles. The van der Waals surface area contributed by atoms with E-state index in [4.69, 9.17) is 5.73 Å². The fraction of sp³-hybridized carbons (Fsp3) is 0.800. The van der Waals surface area contributed by atoms with Crippen LogP contribution in [0.3, 0.4) is 0 Å². The van der Waals surface area contributed by atoms with E-state index < -0.39 is 6.09 Å². The first-order valence-electron chi connectivity index (χ1n) is 2.71. The van der Waals surface area contributed by atoms with Crippen LogP contribution in [-0.2, 0) is 4.74 Å². The summed E-state index contributed by atoms with van der Waals surface area (Å²) >= 11 is 0. The Bertz CT molecular complexity index is 98.6. The van der Waals surface area contributed by atoms with Crippen molar-refractivity contribution in [2.45, 2.75) is 25.4 Å². The van der Waals surface area contributed by atoms with Gasteiger partial charge in [-0.15, -0.1) is 0 Å². The van der Waals surface area contributed by atoms with Crippen LogP contribution in [0.2, 0.25) is 0 Å². The van der Waals surface area contributed by atoms with Gasteiger partial charge in [-0.1, -0.05) is 0 Å². The van der Waals surface area contributed by atoms with Gasteiger partial charge in [-0.2, -0.15) is 0 Å². The molecule has 3 heteroatoms. The van der Waals surface area contributed by atoms with Gasteiger partial charge in [0.2, 0.25) is 0 Å². The van der Waals surface area contributed by atoms with E-state index >= 15 is 0 Å². The highest BCUT2D eigenvalue weighted by Gasteiger charge is 2.20. The molecule has 0 aliphatic heterocycles. The molecule has 0 spiro atoms. The molecule has 1 fully saturated rings. The van der Waals surface area contributed by atoms with Crippen LogP contribution in [0, 0.1) is 0 Å². The quantitative estimate of drug-likeness (QED) is 0.509. The van der Waals surface area contributed by atoms with E-state index in [-0.39, 0.29) is 6.10 Å². The molecule has 0 bridgehead atoms. The summed E-state index contributed by atoms with van der Waals surface area (Å²) in [5.41, 5.74) is 6.38. The minimum atomic E-state index is -0.894. The molecule has 0 heterocycles. The van der Waals surface area contributed by atoms with Crippen LogP contribution in [0.5, 0.6) is 0 Å². The molecule has 8 heavy (non-hydrogen) atoms. The standard InChI is InChI=1S/C5H8NO2/c6-5(7)8-4-2-1-3-4/h4,6H,1-3H2. The summed E-state index contributed by atoms with van der Waals surface area (Å²) in [5, 5.41) is 0. The summed E-state index contributed by atoms with van der Waals surface area (Å²) < 4.78 is 4.51. The van der Waals surface area contributed by atoms with E-state index in [1.807, 2.05) is 0 Å². The van der Waals surface area contributed by atoms with Gasteiger partial charge in [-0.05, 0) is 19.3 Å². The van der Waals surface area contributed by atoms with E-state index in [9.17, 15) is 4.79 Å². The van der Waals surface area contributed by atoms with Crippen LogP contribution in [0.15, 0.2) is 0 Å². The molecule has 1 amide bonds. The summed E-state index contributed by atoms with van der Waals surface area (Å²) in [4.78, 5) is 9.89. The molecule has 0 unspecified atom stereocenters. The third-order valence-electron chi connectivity index (χ3n) is 1.33. The van der Waals surface area contributed by atoms with Crippen molar-refractivity contribution in [2.24, 2.45) is 0 Å². The first kappa shape index (κ1) is 5.41. The normalized spacial score (nSPS) is 19.5. The van der Waals surface area contributed by atoms with Gasteiger partial charge in [0.05, 0.1) is 0 Å². The molecule has 0 aromatic heterocycles. The lowest BCUT2D eigenvalue weighted by molar-refractivity contribution is 0.0579. The summed E-state index contributed by atoms with van der Waals surface area (Å²) in [6.07, 6.45) is 2.21. The van der Waals surface area contributed by atoms with Crippen molar-refractivity contribution < 1.29 is 9.53 Å². The molecular weight excluding hydrogens is 106 g/mol. The third kappa shape index (κ3) is 1.12. The van der Waals surface area contributed by atoms with Crippen LogP contribution in [-0.4, -0.2) is 12.2 Å². The molecule has 1 radical (unpaired) electrons. The molecule has 1 rings (SSSR count). The highest BCUT2D eigenvalue weighted by Crippen LogP contribution is 2.21. The molecule has 0 atom stereocenters. The van der Waals surface area contributed by atoms with Gasteiger partial charge in [-0.3, -0.25) is 0 Å². The number of carbonyl (C=O) groups is 1. The van der Waals surface area contributed by atoms with Crippen molar-refractivity contribution in [3.8, 4) is 0 Å². The van der Waals surface area contributed by atoms with E-state index in [1.54, 1.807) is 0 Å². The first-order chi connectivity index (χ1) is 3.79. The smallest absolute Gasteiger partial charge is 0.426 e. The van der Waals surface area contributed by atoms with Gasteiger partial charge < -0.3 is 4.74 Å². The van der Waals surface area contributed by atoms with Crippen molar-refractivity contribution in [3.63, 3.8) is 0 Å². The summed E-state index contributed by atoms with van der Waals surface area (Å²) in [7, 11) is 0. The predicted molar refractivity (Wildman–Crippen MR) is 27.2 cm³/mol. The second kappa shape index (κ2) is 2.03. The molecule has 1 saturated carbocycles. The topological polar surface area (TPSA) is 50.1 Å². The molecule has 0 aromatic rings. The van der Waals surface area contributed by atoms with Crippen molar-refractivity contribution >= 4 is 6.09 Å². The summed E-state index contributed by atoms with van der Waals surface area (Å²) in [5.74, 6) is 0. The van der Waals surface area contributed by atoms with Crippen LogP contribution >= 0.6 is 0 Å².